The molecule has 0 unspecified atom stereocenters. The molecule has 2 rings (SSSR count). The summed E-state index contributed by atoms with van der Waals surface area (Å²) in [7, 11) is 0. The van der Waals surface area contributed by atoms with Gasteiger partial charge in [0, 0.05) is 18.5 Å². The Morgan fingerprint density at radius 3 is 2.80 bits per heavy atom. The van der Waals surface area contributed by atoms with Crippen LogP contribution in [0.15, 0.2) is 30.3 Å². The molecule has 1 aromatic heterocycles. The number of nitriles is 1. The number of aliphatic hydroxyl groups is 1. The SMILES string of the molecule is CCCCN(CCO)c1cc(C#N)c2ccccc2n1. The van der Waals surface area contributed by atoms with Gasteiger partial charge in [0.1, 0.15) is 5.82 Å². The fraction of sp³-hybridized carbons (Fsp3) is 0.375. The topological polar surface area (TPSA) is 60.1 Å². The van der Waals surface area contributed by atoms with Crippen LogP contribution in [0.3, 0.4) is 0 Å². The zero-order chi connectivity index (χ0) is 14.4. The van der Waals surface area contributed by atoms with Gasteiger partial charge < -0.3 is 10.0 Å². The lowest BCUT2D eigenvalue weighted by molar-refractivity contribution is 0.301. The van der Waals surface area contributed by atoms with Gasteiger partial charge in [-0.05, 0) is 18.6 Å². The molecular weight excluding hydrogens is 250 g/mol. The quantitative estimate of drug-likeness (QED) is 0.876. The monoisotopic (exact) mass is 269 g/mol. The molecule has 0 amide bonds. The summed E-state index contributed by atoms with van der Waals surface area (Å²) in [5.41, 5.74) is 1.45. The maximum absolute atomic E-state index is 9.30. The first kappa shape index (κ1) is 14.3. The van der Waals surface area contributed by atoms with Gasteiger partial charge in [-0.1, -0.05) is 31.5 Å². The summed E-state index contributed by atoms with van der Waals surface area (Å²) in [5.74, 6) is 0.766. The molecule has 0 saturated carbocycles. The van der Waals surface area contributed by atoms with Crippen LogP contribution in [0, 0.1) is 11.3 Å². The standard InChI is InChI=1S/C16H19N3O/c1-2-3-8-19(9-10-20)16-11-13(12-17)14-6-4-5-7-15(14)18-16/h4-7,11,20H,2-3,8-10H2,1H3. The highest BCUT2D eigenvalue weighted by Gasteiger charge is 2.11. The average Bonchev–Trinajstić information content (AvgIpc) is 2.50. The van der Waals surface area contributed by atoms with Crippen molar-refractivity contribution < 1.29 is 5.11 Å². The van der Waals surface area contributed by atoms with Crippen molar-refractivity contribution in [1.29, 1.82) is 5.26 Å². The van der Waals surface area contributed by atoms with Gasteiger partial charge in [0.2, 0.25) is 0 Å². The number of unbranched alkanes of at least 4 members (excludes halogenated alkanes) is 1. The number of aliphatic hydroxyl groups excluding tert-OH is 1. The molecule has 0 atom stereocenters. The van der Waals surface area contributed by atoms with E-state index in [0.29, 0.717) is 12.1 Å². The van der Waals surface area contributed by atoms with E-state index in [9.17, 15) is 10.4 Å². The molecule has 2 aromatic rings. The first-order valence-corrected chi connectivity index (χ1v) is 6.95. The molecule has 0 aliphatic heterocycles. The number of aromatic nitrogens is 1. The Labute approximate surface area is 119 Å². The Bertz CT molecular complexity index is 619. The number of pyridine rings is 1. The molecule has 0 spiro atoms. The molecule has 20 heavy (non-hydrogen) atoms. The molecule has 0 saturated heterocycles. The van der Waals surface area contributed by atoms with E-state index in [1.54, 1.807) is 0 Å². The molecule has 0 fully saturated rings. The molecule has 0 aliphatic carbocycles. The summed E-state index contributed by atoms with van der Waals surface area (Å²) in [6.45, 7) is 3.59. The molecule has 4 nitrogen and oxygen atoms in total. The summed E-state index contributed by atoms with van der Waals surface area (Å²) >= 11 is 0. The Morgan fingerprint density at radius 2 is 2.10 bits per heavy atom. The minimum Gasteiger partial charge on any atom is -0.395 e. The number of hydrogen-bond donors (Lipinski definition) is 1. The van der Waals surface area contributed by atoms with Gasteiger partial charge in [0.25, 0.3) is 0 Å². The summed E-state index contributed by atoms with van der Waals surface area (Å²) in [6, 6.07) is 11.7. The third kappa shape index (κ3) is 3.06. The van der Waals surface area contributed by atoms with Crippen LogP contribution >= 0.6 is 0 Å². The van der Waals surface area contributed by atoms with E-state index in [4.69, 9.17) is 0 Å². The fourth-order valence-electron chi connectivity index (χ4n) is 2.23. The van der Waals surface area contributed by atoms with Crippen LogP contribution in [-0.4, -0.2) is 29.8 Å². The number of fused-ring (bicyclic) bond motifs is 1. The molecule has 0 aliphatic rings. The number of rotatable bonds is 6. The third-order valence-electron chi connectivity index (χ3n) is 3.30. The summed E-state index contributed by atoms with van der Waals surface area (Å²) in [4.78, 5) is 6.66. The Balaban J connectivity index is 2.44. The second kappa shape index (κ2) is 6.88. The number of nitrogens with zero attached hydrogens (tertiary/aromatic N) is 3. The minimum atomic E-state index is 0.0834. The van der Waals surface area contributed by atoms with Gasteiger partial charge in [-0.25, -0.2) is 4.98 Å². The van der Waals surface area contributed by atoms with E-state index in [-0.39, 0.29) is 6.61 Å². The van der Waals surface area contributed by atoms with Gasteiger partial charge in [-0.3, -0.25) is 0 Å². The van der Waals surface area contributed by atoms with E-state index in [1.165, 1.54) is 0 Å². The molecule has 1 N–H and O–H groups in total. The Morgan fingerprint density at radius 1 is 1.30 bits per heavy atom. The van der Waals surface area contributed by atoms with Gasteiger partial charge in [0.05, 0.1) is 23.8 Å². The second-order valence-corrected chi connectivity index (χ2v) is 4.72. The van der Waals surface area contributed by atoms with Crippen molar-refractivity contribution >= 4 is 16.7 Å². The molecule has 4 heteroatoms. The number of para-hydroxylation sites is 1. The molecule has 1 aromatic carbocycles. The highest BCUT2D eigenvalue weighted by molar-refractivity contribution is 5.86. The van der Waals surface area contributed by atoms with Crippen LogP contribution in [0.5, 0.6) is 0 Å². The Hall–Kier alpha value is -2.12. The maximum atomic E-state index is 9.30. The van der Waals surface area contributed by atoms with Crippen molar-refractivity contribution in [2.75, 3.05) is 24.6 Å². The smallest absolute Gasteiger partial charge is 0.130 e. The van der Waals surface area contributed by atoms with E-state index in [2.05, 4.69) is 18.0 Å². The zero-order valence-electron chi connectivity index (χ0n) is 11.7. The maximum Gasteiger partial charge on any atom is 0.130 e. The zero-order valence-corrected chi connectivity index (χ0v) is 11.7. The molecule has 0 bridgehead atoms. The third-order valence-corrected chi connectivity index (χ3v) is 3.30. The largest absolute Gasteiger partial charge is 0.395 e. The number of hydrogen-bond acceptors (Lipinski definition) is 4. The lowest BCUT2D eigenvalue weighted by Crippen LogP contribution is -2.28. The summed E-state index contributed by atoms with van der Waals surface area (Å²) in [5, 5.41) is 19.4. The first-order chi connectivity index (χ1) is 9.80. The molecule has 1 heterocycles. The summed E-state index contributed by atoms with van der Waals surface area (Å²) < 4.78 is 0. The van der Waals surface area contributed by atoms with Crippen LogP contribution in [0.1, 0.15) is 25.3 Å². The van der Waals surface area contributed by atoms with Crippen molar-refractivity contribution in [2.24, 2.45) is 0 Å². The van der Waals surface area contributed by atoms with Crippen LogP contribution in [0.2, 0.25) is 0 Å². The van der Waals surface area contributed by atoms with Crippen molar-refractivity contribution in [3.05, 3.63) is 35.9 Å². The van der Waals surface area contributed by atoms with Crippen molar-refractivity contribution in [3.63, 3.8) is 0 Å². The lowest BCUT2D eigenvalue weighted by atomic mass is 10.1. The number of anilines is 1. The predicted molar refractivity (Wildman–Crippen MR) is 80.7 cm³/mol. The normalized spacial score (nSPS) is 10.4. The minimum absolute atomic E-state index is 0.0834. The highest BCUT2D eigenvalue weighted by atomic mass is 16.3. The van der Waals surface area contributed by atoms with Crippen molar-refractivity contribution in [1.82, 2.24) is 4.98 Å². The predicted octanol–water partition coefficient (Wildman–Crippen LogP) is 2.71. The van der Waals surface area contributed by atoms with E-state index in [1.807, 2.05) is 35.2 Å². The molecule has 0 radical (unpaired) electrons. The van der Waals surface area contributed by atoms with E-state index >= 15 is 0 Å². The fourth-order valence-corrected chi connectivity index (χ4v) is 2.23. The lowest BCUT2D eigenvalue weighted by Gasteiger charge is -2.23. The van der Waals surface area contributed by atoms with Crippen LogP contribution in [0.25, 0.3) is 10.9 Å². The van der Waals surface area contributed by atoms with Gasteiger partial charge >= 0.3 is 0 Å². The number of benzene rings is 1. The first-order valence-electron chi connectivity index (χ1n) is 6.95. The van der Waals surface area contributed by atoms with Crippen LogP contribution in [-0.2, 0) is 0 Å². The Kier molecular flexibility index (Phi) is 4.91. The average molecular weight is 269 g/mol. The van der Waals surface area contributed by atoms with Gasteiger partial charge in [-0.2, -0.15) is 5.26 Å². The van der Waals surface area contributed by atoms with Crippen LogP contribution in [0.4, 0.5) is 5.82 Å². The van der Waals surface area contributed by atoms with E-state index in [0.717, 1.165) is 36.1 Å². The summed E-state index contributed by atoms with van der Waals surface area (Å²) in [6.07, 6.45) is 2.12. The molecule has 104 valence electrons. The second-order valence-electron chi connectivity index (χ2n) is 4.72. The van der Waals surface area contributed by atoms with Gasteiger partial charge in [0.15, 0.2) is 0 Å². The van der Waals surface area contributed by atoms with Crippen molar-refractivity contribution in [3.8, 4) is 6.07 Å². The van der Waals surface area contributed by atoms with E-state index < -0.39 is 0 Å². The van der Waals surface area contributed by atoms with Gasteiger partial charge in [-0.15, -0.1) is 0 Å². The van der Waals surface area contributed by atoms with Crippen LogP contribution < -0.4 is 4.90 Å². The molecular formula is C16H19N3O. The highest BCUT2D eigenvalue weighted by Crippen LogP contribution is 2.22. The van der Waals surface area contributed by atoms with Crippen molar-refractivity contribution in [2.45, 2.75) is 19.8 Å².